The number of anilines is 1. The summed E-state index contributed by atoms with van der Waals surface area (Å²) < 4.78 is 70.3. The summed E-state index contributed by atoms with van der Waals surface area (Å²) in [4.78, 5) is 21.1. The molecule has 0 bridgehead atoms. The molecule has 2 aromatic heterocycles. The van der Waals surface area contributed by atoms with E-state index >= 15 is 0 Å². The SMILES string of the molecule is N#Cc1cccnc1N1CCCN(C(=O)CC2c3cccn3CCN2S(=O)(=O)c2cccc(C(F)(F)F)c2)CC1. The van der Waals surface area contributed by atoms with Crippen molar-refractivity contribution in [2.24, 2.45) is 0 Å². The number of alkyl halides is 3. The first kappa shape index (κ1) is 27.7. The standard InChI is InChI=1S/C27H27F3N6O3S/c28-27(29,30)21-6-1-7-22(17-21)40(38,39)36-16-15-33-10-3-8-23(33)24(36)18-25(37)34-11-4-12-35(14-13-34)26-20(19-31)5-2-9-32-26/h1-3,5-10,17,24H,4,11-16,18H2. The first-order chi connectivity index (χ1) is 19.1. The van der Waals surface area contributed by atoms with Crippen molar-refractivity contribution in [3.63, 3.8) is 0 Å². The van der Waals surface area contributed by atoms with Crippen LogP contribution < -0.4 is 4.90 Å². The summed E-state index contributed by atoms with van der Waals surface area (Å²) in [6.07, 6.45) is -0.816. The van der Waals surface area contributed by atoms with Gasteiger partial charge in [0.1, 0.15) is 11.9 Å². The molecule has 0 saturated carbocycles. The van der Waals surface area contributed by atoms with Crippen LogP contribution in [0.15, 0.2) is 65.8 Å². The molecule has 0 radical (unpaired) electrons. The van der Waals surface area contributed by atoms with Gasteiger partial charge in [0.2, 0.25) is 15.9 Å². The topological polar surface area (TPSA) is 103 Å². The molecule has 0 N–H and O–H groups in total. The van der Waals surface area contributed by atoms with Crippen molar-refractivity contribution in [3.05, 3.63) is 77.7 Å². The lowest BCUT2D eigenvalue weighted by atomic mass is 10.1. The quantitative estimate of drug-likeness (QED) is 0.463. The third-order valence-corrected chi connectivity index (χ3v) is 9.21. The second kappa shape index (κ2) is 10.9. The maximum absolute atomic E-state index is 13.7. The zero-order valence-corrected chi connectivity index (χ0v) is 22.3. The number of carbonyl (C=O) groups is 1. The van der Waals surface area contributed by atoms with Gasteiger partial charge in [-0.1, -0.05) is 6.07 Å². The van der Waals surface area contributed by atoms with Gasteiger partial charge in [0.15, 0.2) is 0 Å². The second-order valence-electron chi connectivity index (χ2n) is 9.70. The predicted molar refractivity (Wildman–Crippen MR) is 139 cm³/mol. The van der Waals surface area contributed by atoms with E-state index < -0.39 is 32.7 Å². The number of amides is 1. The molecule has 13 heteroatoms. The van der Waals surface area contributed by atoms with Gasteiger partial charge in [-0.3, -0.25) is 4.79 Å². The van der Waals surface area contributed by atoms with Crippen LogP contribution in [-0.4, -0.2) is 65.8 Å². The molecule has 0 spiro atoms. The number of carbonyl (C=O) groups excluding carboxylic acids is 1. The van der Waals surface area contributed by atoms with Gasteiger partial charge < -0.3 is 14.4 Å². The Balaban J connectivity index is 1.38. The average molecular weight is 573 g/mol. The highest BCUT2D eigenvalue weighted by Crippen LogP contribution is 2.36. The number of nitrogens with zero attached hydrogens (tertiary/aromatic N) is 6. The van der Waals surface area contributed by atoms with Crippen LogP contribution in [0.25, 0.3) is 0 Å². The maximum atomic E-state index is 13.7. The molecule has 1 unspecified atom stereocenters. The molecule has 3 aromatic rings. The monoisotopic (exact) mass is 572 g/mol. The fourth-order valence-electron chi connectivity index (χ4n) is 5.31. The van der Waals surface area contributed by atoms with Crippen LogP contribution in [0.4, 0.5) is 19.0 Å². The Morgan fingerprint density at radius 1 is 1.02 bits per heavy atom. The highest BCUT2D eigenvalue weighted by Gasteiger charge is 2.40. The van der Waals surface area contributed by atoms with E-state index in [1.54, 1.807) is 41.6 Å². The summed E-state index contributed by atoms with van der Waals surface area (Å²) in [6, 6.07) is 11.8. The van der Waals surface area contributed by atoms with Crippen molar-refractivity contribution in [3.8, 4) is 6.07 Å². The van der Waals surface area contributed by atoms with Crippen LogP contribution in [0.2, 0.25) is 0 Å². The minimum Gasteiger partial charge on any atom is -0.354 e. The Morgan fingerprint density at radius 2 is 1.85 bits per heavy atom. The number of halogens is 3. The molecule has 4 heterocycles. The molecule has 40 heavy (non-hydrogen) atoms. The van der Waals surface area contributed by atoms with Crippen molar-refractivity contribution in [2.45, 2.75) is 36.5 Å². The molecule has 0 aliphatic carbocycles. The summed E-state index contributed by atoms with van der Waals surface area (Å²) in [7, 11) is -4.35. The smallest absolute Gasteiger partial charge is 0.354 e. The number of fused-ring (bicyclic) bond motifs is 1. The van der Waals surface area contributed by atoms with Gasteiger partial charge >= 0.3 is 6.18 Å². The number of pyridine rings is 1. The Hall–Kier alpha value is -3.89. The van der Waals surface area contributed by atoms with Crippen molar-refractivity contribution in [1.29, 1.82) is 5.26 Å². The number of nitriles is 1. The van der Waals surface area contributed by atoms with Crippen LogP contribution in [0.3, 0.4) is 0 Å². The van der Waals surface area contributed by atoms with E-state index in [2.05, 4.69) is 11.1 Å². The molecule has 5 rings (SSSR count). The largest absolute Gasteiger partial charge is 0.416 e. The van der Waals surface area contributed by atoms with Crippen molar-refractivity contribution in [2.75, 3.05) is 37.6 Å². The van der Waals surface area contributed by atoms with Crippen LogP contribution in [0.1, 0.15) is 35.7 Å². The fraction of sp³-hybridized carbons (Fsp3) is 0.370. The Morgan fingerprint density at radius 3 is 2.62 bits per heavy atom. The molecule has 2 aliphatic rings. The number of hydrogen-bond acceptors (Lipinski definition) is 6. The lowest BCUT2D eigenvalue weighted by molar-refractivity contribution is -0.137. The average Bonchev–Trinajstić information content (AvgIpc) is 3.29. The van der Waals surface area contributed by atoms with Crippen molar-refractivity contribution >= 4 is 21.7 Å². The van der Waals surface area contributed by atoms with Gasteiger partial charge in [-0.05, 0) is 48.9 Å². The van der Waals surface area contributed by atoms with Crippen LogP contribution in [-0.2, 0) is 27.5 Å². The van der Waals surface area contributed by atoms with Gasteiger partial charge in [0.25, 0.3) is 0 Å². The zero-order chi connectivity index (χ0) is 28.5. The third-order valence-electron chi connectivity index (χ3n) is 7.31. The Labute approximate surface area is 230 Å². The molecule has 1 aromatic carbocycles. The van der Waals surface area contributed by atoms with Gasteiger partial charge in [0.05, 0.1) is 22.1 Å². The summed E-state index contributed by atoms with van der Waals surface area (Å²) in [6.45, 7) is 2.17. The second-order valence-corrected chi connectivity index (χ2v) is 11.6. The van der Waals surface area contributed by atoms with E-state index in [0.717, 1.165) is 22.5 Å². The van der Waals surface area contributed by atoms with Crippen LogP contribution in [0.5, 0.6) is 0 Å². The highest BCUT2D eigenvalue weighted by atomic mass is 32.2. The zero-order valence-electron chi connectivity index (χ0n) is 21.5. The fourth-order valence-corrected chi connectivity index (χ4v) is 6.95. The van der Waals surface area contributed by atoms with E-state index in [0.29, 0.717) is 62.3 Å². The van der Waals surface area contributed by atoms with Gasteiger partial charge in [0, 0.05) is 63.8 Å². The van der Waals surface area contributed by atoms with E-state index in [1.165, 1.54) is 0 Å². The van der Waals surface area contributed by atoms with Crippen molar-refractivity contribution < 1.29 is 26.4 Å². The van der Waals surface area contributed by atoms with Gasteiger partial charge in [-0.25, -0.2) is 13.4 Å². The lowest BCUT2D eigenvalue weighted by Gasteiger charge is -2.36. The molecule has 9 nitrogen and oxygen atoms in total. The molecule has 1 amide bonds. The van der Waals surface area contributed by atoms with Gasteiger partial charge in [-0.15, -0.1) is 0 Å². The molecule has 210 valence electrons. The summed E-state index contributed by atoms with van der Waals surface area (Å²) in [5.41, 5.74) is 0.00241. The Kier molecular flexibility index (Phi) is 7.57. The van der Waals surface area contributed by atoms with Crippen LogP contribution in [0, 0.1) is 11.3 Å². The normalized spacial score (nSPS) is 18.6. The minimum atomic E-state index is -4.69. The third kappa shape index (κ3) is 5.41. The molecular formula is C27H27F3N6O3S. The van der Waals surface area contributed by atoms with E-state index in [4.69, 9.17) is 0 Å². The number of hydrogen-bond donors (Lipinski definition) is 0. The first-order valence-electron chi connectivity index (χ1n) is 12.8. The summed E-state index contributed by atoms with van der Waals surface area (Å²) in [5, 5.41) is 9.44. The van der Waals surface area contributed by atoms with Crippen LogP contribution >= 0.6 is 0 Å². The summed E-state index contributed by atoms with van der Waals surface area (Å²) >= 11 is 0. The summed E-state index contributed by atoms with van der Waals surface area (Å²) in [5.74, 6) is 0.301. The number of aromatic nitrogens is 2. The van der Waals surface area contributed by atoms with E-state index in [9.17, 15) is 31.6 Å². The molecule has 1 atom stereocenters. The van der Waals surface area contributed by atoms with Gasteiger partial charge in [-0.2, -0.15) is 22.7 Å². The van der Waals surface area contributed by atoms with E-state index in [-0.39, 0.29) is 18.9 Å². The van der Waals surface area contributed by atoms with Crippen molar-refractivity contribution in [1.82, 2.24) is 18.8 Å². The lowest BCUT2D eigenvalue weighted by Crippen LogP contribution is -2.45. The maximum Gasteiger partial charge on any atom is 0.416 e. The molecule has 2 aliphatic heterocycles. The highest BCUT2D eigenvalue weighted by molar-refractivity contribution is 7.89. The molecular weight excluding hydrogens is 545 g/mol. The molecule has 1 fully saturated rings. The number of sulfonamides is 1. The predicted octanol–water partition coefficient (Wildman–Crippen LogP) is 3.65. The number of benzene rings is 1. The minimum absolute atomic E-state index is 0.0165. The first-order valence-corrected chi connectivity index (χ1v) is 14.3. The number of rotatable bonds is 5. The Bertz CT molecular complexity index is 1550. The molecule has 1 saturated heterocycles. The van der Waals surface area contributed by atoms with E-state index in [1.807, 2.05) is 9.47 Å².